The lowest BCUT2D eigenvalue weighted by atomic mass is 10.1. The molecular formula is C13H14OS. The Kier molecular flexibility index (Phi) is 3.19. The van der Waals surface area contributed by atoms with Crippen LogP contribution in [-0.4, -0.2) is 11.7 Å². The largest absolute Gasteiger partial charge is 0.396 e. The molecule has 0 unspecified atom stereocenters. The Morgan fingerprint density at radius 1 is 1.20 bits per heavy atom. The van der Waals surface area contributed by atoms with Gasteiger partial charge >= 0.3 is 0 Å². The summed E-state index contributed by atoms with van der Waals surface area (Å²) in [5, 5.41) is 8.89. The van der Waals surface area contributed by atoms with Crippen molar-refractivity contribution < 1.29 is 5.11 Å². The van der Waals surface area contributed by atoms with Gasteiger partial charge < -0.3 is 5.11 Å². The molecule has 0 bridgehead atoms. The van der Waals surface area contributed by atoms with Crippen LogP contribution in [0.4, 0.5) is 0 Å². The molecule has 1 heterocycles. The summed E-state index contributed by atoms with van der Waals surface area (Å²) < 4.78 is 0. The zero-order valence-electron chi connectivity index (χ0n) is 8.73. The number of aliphatic hydroxyl groups excluding tert-OH is 1. The van der Waals surface area contributed by atoms with E-state index >= 15 is 0 Å². The SMILES string of the molecule is Cc1ccc(-c2cccc(CCO)c2)s1. The van der Waals surface area contributed by atoms with Crippen molar-refractivity contribution in [1.29, 1.82) is 0 Å². The summed E-state index contributed by atoms with van der Waals surface area (Å²) in [6.07, 6.45) is 0.734. The molecule has 0 saturated carbocycles. The van der Waals surface area contributed by atoms with Gasteiger partial charge in [-0.15, -0.1) is 11.3 Å². The van der Waals surface area contributed by atoms with Crippen molar-refractivity contribution in [2.75, 3.05) is 6.61 Å². The quantitative estimate of drug-likeness (QED) is 0.838. The van der Waals surface area contributed by atoms with E-state index in [1.165, 1.54) is 20.9 Å². The van der Waals surface area contributed by atoms with Crippen LogP contribution < -0.4 is 0 Å². The van der Waals surface area contributed by atoms with Gasteiger partial charge in [0, 0.05) is 16.4 Å². The van der Waals surface area contributed by atoms with Crippen LogP contribution in [0, 0.1) is 6.92 Å². The van der Waals surface area contributed by atoms with Crippen LogP contribution in [0.3, 0.4) is 0 Å². The fourth-order valence-corrected chi connectivity index (χ4v) is 2.46. The van der Waals surface area contributed by atoms with Crippen molar-refractivity contribution in [2.24, 2.45) is 0 Å². The first kappa shape index (κ1) is 10.4. The molecule has 0 fully saturated rings. The molecule has 15 heavy (non-hydrogen) atoms. The highest BCUT2D eigenvalue weighted by Gasteiger charge is 2.01. The smallest absolute Gasteiger partial charge is 0.0471 e. The van der Waals surface area contributed by atoms with Gasteiger partial charge in [0.1, 0.15) is 0 Å². The normalized spacial score (nSPS) is 10.5. The van der Waals surface area contributed by atoms with Crippen LogP contribution in [0.15, 0.2) is 36.4 Å². The molecule has 2 aromatic rings. The molecule has 2 heteroatoms. The van der Waals surface area contributed by atoms with Gasteiger partial charge in [-0.1, -0.05) is 24.3 Å². The molecule has 0 aliphatic rings. The van der Waals surface area contributed by atoms with Crippen molar-refractivity contribution >= 4 is 11.3 Å². The van der Waals surface area contributed by atoms with E-state index in [9.17, 15) is 0 Å². The number of thiophene rings is 1. The molecule has 2 rings (SSSR count). The number of aryl methyl sites for hydroxylation is 1. The number of benzene rings is 1. The lowest BCUT2D eigenvalue weighted by molar-refractivity contribution is 0.299. The second kappa shape index (κ2) is 4.60. The van der Waals surface area contributed by atoms with Crippen LogP contribution in [0.25, 0.3) is 10.4 Å². The molecule has 0 aliphatic carbocycles. The maximum Gasteiger partial charge on any atom is 0.0471 e. The lowest BCUT2D eigenvalue weighted by Gasteiger charge is -2.01. The molecule has 1 aromatic heterocycles. The van der Waals surface area contributed by atoms with Crippen LogP contribution in [0.5, 0.6) is 0 Å². The summed E-state index contributed by atoms with van der Waals surface area (Å²) in [5.74, 6) is 0. The minimum atomic E-state index is 0.215. The van der Waals surface area contributed by atoms with Gasteiger partial charge in [0.2, 0.25) is 0 Å². The Labute approximate surface area is 94.0 Å². The summed E-state index contributed by atoms with van der Waals surface area (Å²) in [6.45, 7) is 2.33. The van der Waals surface area contributed by atoms with E-state index < -0.39 is 0 Å². The molecule has 0 spiro atoms. The number of aliphatic hydroxyl groups is 1. The highest BCUT2D eigenvalue weighted by molar-refractivity contribution is 7.15. The summed E-state index contributed by atoms with van der Waals surface area (Å²) in [4.78, 5) is 2.63. The van der Waals surface area contributed by atoms with Crippen LogP contribution in [0.2, 0.25) is 0 Å². The second-order valence-electron chi connectivity index (χ2n) is 3.58. The fourth-order valence-electron chi connectivity index (χ4n) is 1.60. The number of rotatable bonds is 3. The number of hydrogen-bond donors (Lipinski definition) is 1. The van der Waals surface area contributed by atoms with Gasteiger partial charge in [0.25, 0.3) is 0 Å². The highest BCUT2D eigenvalue weighted by Crippen LogP contribution is 2.28. The summed E-state index contributed by atoms with van der Waals surface area (Å²) in [5.41, 5.74) is 2.44. The molecule has 0 atom stereocenters. The molecule has 1 nitrogen and oxygen atoms in total. The average molecular weight is 218 g/mol. The Morgan fingerprint density at radius 3 is 2.73 bits per heavy atom. The summed E-state index contributed by atoms with van der Waals surface area (Å²) in [7, 11) is 0. The van der Waals surface area contributed by atoms with Crippen LogP contribution >= 0.6 is 11.3 Å². The minimum Gasteiger partial charge on any atom is -0.396 e. The van der Waals surface area contributed by atoms with Gasteiger partial charge in [0.05, 0.1) is 0 Å². The first-order valence-electron chi connectivity index (χ1n) is 5.06. The highest BCUT2D eigenvalue weighted by atomic mass is 32.1. The zero-order chi connectivity index (χ0) is 10.7. The number of hydrogen-bond acceptors (Lipinski definition) is 2. The maximum absolute atomic E-state index is 8.89. The molecular weight excluding hydrogens is 204 g/mol. The van der Waals surface area contributed by atoms with E-state index in [4.69, 9.17) is 5.11 Å². The monoisotopic (exact) mass is 218 g/mol. The fraction of sp³-hybridized carbons (Fsp3) is 0.231. The second-order valence-corrected chi connectivity index (χ2v) is 4.87. The summed E-state index contributed by atoms with van der Waals surface area (Å²) in [6, 6.07) is 12.7. The van der Waals surface area contributed by atoms with Crippen molar-refractivity contribution in [3.05, 3.63) is 46.8 Å². The van der Waals surface area contributed by atoms with Gasteiger partial charge in [-0.25, -0.2) is 0 Å². The third-order valence-electron chi connectivity index (χ3n) is 2.35. The lowest BCUT2D eigenvalue weighted by Crippen LogP contribution is -1.89. The molecule has 0 radical (unpaired) electrons. The predicted molar refractivity (Wildman–Crippen MR) is 65.3 cm³/mol. The molecule has 1 N–H and O–H groups in total. The Balaban J connectivity index is 2.32. The standard InChI is InChI=1S/C13H14OS/c1-10-5-6-13(15-10)12-4-2-3-11(9-12)7-8-14/h2-6,9,14H,7-8H2,1H3. The Hall–Kier alpha value is -1.12. The third-order valence-corrected chi connectivity index (χ3v) is 3.40. The first-order valence-corrected chi connectivity index (χ1v) is 5.88. The van der Waals surface area contributed by atoms with Crippen LogP contribution in [0.1, 0.15) is 10.4 Å². The van der Waals surface area contributed by atoms with Gasteiger partial charge in [0.15, 0.2) is 0 Å². The molecule has 78 valence electrons. The molecule has 0 aliphatic heterocycles. The van der Waals surface area contributed by atoms with E-state index in [2.05, 4.69) is 43.3 Å². The van der Waals surface area contributed by atoms with E-state index in [1.807, 2.05) is 0 Å². The van der Waals surface area contributed by atoms with Gasteiger partial charge in [-0.2, -0.15) is 0 Å². The predicted octanol–water partition coefficient (Wildman–Crippen LogP) is 3.26. The maximum atomic E-state index is 8.89. The Bertz CT molecular complexity index is 445. The average Bonchev–Trinajstić information content (AvgIpc) is 2.66. The zero-order valence-corrected chi connectivity index (χ0v) is 9.55. The van der Waals surface area contributed by atoms with Crippen molar-refractivity contribution in [1.82, 2.24) is 0 Å². The van der Waals surface area contributed by atoms with E-state index in [0.717, 1.165) is 6.42 Å². The molecule has 1 aromatic carbocycles. The molecule has 0 saturated heterocycles. The third kappa shape index (κ3) is 2.46. The van der Waals surface area contributed by atoms with Crippen molar-refractivity contribution in [2.45, 2.75) is 13.3 Å². The van der Waals surface area contributed by atoms with Crippen LogP contribution in [-0.2, 0) is 6.42 Å². The van der Waals surface area contributed by atoms with E-state index in [0.29, 0.717) is 0 Å². The molecule has 0 amide bonds. The minimum absolute atomic E-state index is 0.215. The van der Waals surface area contributed by atoms with Gasteiger partial charge in [-0.3, -0.25) is 0 Å². The van der Waals surface area contributed by atoms with E-state index in [-0.39, 0.29) is 6.61 Å². The van der Waals surface area contributed by atoms with E-state index in [1.54, 1.807) is 11.3 Å². The van der Waals surface area contributed by atoms with Crippen molar-refractivity contribution in [3.63, 3.8) is 0 Å². The Morgan fingerprint density at radius 2 is 2.07 bits per heavy atom. The van der Waals surface area contributed by atoms with Gasteiger partial charge in [-0.05, 0) is 36.6 Å². The van der Waals surface area contributed by atoms with Crippen molar-refractivity contribution in [3.8, 4) is 10.4 Å². The first-order chi connectivity index (χ1) is 7.29. The topological polar surface area (TPSA) is 20.2 Å². The summed E-state index contributed by atoms with van der Waals surface area (Å²) >= 11 is 1.81.